The van der Waals surface area contributed by atoms with Gasteiger partial charge in [0.05, 0.1) is 17.3 Å². The van der Waals surface area contributed by atoms with Crippen LogP contribution in [0.3, 0.4) is 0 Å². The molecule has 0 bridgehead atoms. The molecule has 1 aliphatic rings. The predicted molar refractivity (Wildman–Crippen MR) is 147 cm³/mol. The summed E-state index contributed by atoms with van der Waals surface area (Å²) < 4.78 is 0. The second-order valence-corrected chi connectivity index (χ2v) is 11.0. The highest BCUT2D eigenvalue weighted by Gasteiger charge is 2.25. The summed E-state index contributed by atoms with van der Waals surface area (Å²) in [4.78, 5) is 30.9. The van der Waals surface area contributed by atoms with Crippen molar-refractivity contribution in [3.63, 3.8) is 0 Å². The molecule has 1 fully saturated rings. The van der Waals surface area contributed by atoms with E-state index < -0.39 is 5.91 Å². The molecule has 1 saturated heterocycles. The molecule has 0 unspecified atom stereocenters. The van der Waals surface area contributed by atoms with Crippen LogP contribution in [0.4, 0.5) is 5.69 Å². The van der Waals surface area contributed by atoms with Crippen molar-refractivity contribution >= 4 is 28.4 Å². The second-order valence-electron chi connectivity index (χ2n) is 11.0. The number of aromatic amines is 2. The molecule has 1 atom stereocenters. The van der Waals surface area contributed by atoms with Gasteiger partial charge in [0.2, 0.25) is 0 Å². The van der Waals surface area contributed by atoms with Gasteiger partial charge in [0.1, 0.15) is 0 Å². The van der Waals surface area contributed by atoms with Crippen LogP contribution in [0.5, 0.6) is 0 Å². The van der Waals surface area contributed by atoms with Crippen molar-refractivity contribution in [2.24, 2.45) is 5.73 Å². The maximum atomic E-state index is 13.0. The second kappa shape index (κ2) is 9.42. The number of amides is 2. The number of primary amides is 1. The standard InChI is InChI=1S/C29H34N6O2/c1-17-23(15-31-34-17)24-14-22-25(12-11-21(27(30)36)26(22)33-24)35-13-5-6-20(16-35)32-28(37)18-7-9-19(10-8-18)29(2,3)4/h7-12,14-15,20,33H,5-6,13,16H2,1-4H3,(H2,30,36)(H,31,34)(H,32,37)/t20-/m1/s1. The number of H-pyrrole nitrogens is 2. The number of hydrogen-bond donors (Lipinski definition) is 4. The molecule has 0 spiro atoms. The van der Waals surface area contributed by atoms with Gasteiger partial charge < -0.3 is 20.9 Å². The SMILES string of the molecule is Cc1[nH]ncc1-c1cc2c(N3CCC[C@@H](NC(=O)c4ccc(C(C)(C)C)cc4)C3)ccc(C(N)=O)c2[nH]1. The number of fused-ring (bicyclic) bond motifs is 1. The van der Waals surface area contributed by atoms with Crippen molar-refractivity contribution in [2.45, 2.75) is 52.0 Å². The monoisotopic (exact) mass is 498 g/mol. The van der Waals surface area contributed by atoms with Crippen LogP contribution in [0.15, 0.2) is 48.7 Å². The van der Waals surface area contributed by atoms with Crippen LogP contribution in [0.2, 0.25) is 0 Å². The van der Waals surface area contributed by atoms with E-state index in [4.69, 9.17) is 5.73 Å². The fourth-order valence-corrected chi connectivity index (χ4v) is 5.16. The maximum Gasteiger partial charge on any atom is 0.251 e. The average molecular weight is 499 g/mol. The Bertz CT molecular complexity index is 1460. The van der Waals surface area contributed by atoms with E-state index in [0.717, 1.165) is 47.4 Å². The molecule has 2 amide bonds. The zero-order chi connectivity index (χ0) is 26.3. The summed E-state index contributed by atoms with van der Waals surface area (Å²) in [5, 5.41) is 11.3. The van der Waals surface area contributed by atoms with Crippen molar-refractivity contribution in [3.8, 4) is 11.3 Å². The van der Waals surface area contributed by atoms with Crippen molar-refractivity contribution in [1.29, 1.82) is 0 Å². The predicted octanol–water partition coefficient (Wildman–Crippen LogP) is 4.66. The van der Waals surface area contributed by atoms with E-state index in [1.807, 2.05) is 43.3 Å². The average Bonchev–Trinajstić information content (AvgIpc) is 3.49. The summed E-state index contributed by atoms with van der Waals surface area (Å²) >= 11 is 0. The Morgan fingerprint density at radius 2 is 1.89 bits per heavy atom. The molecule has 8 nitrogen and oxygen atoms in total. The Kier molecular flexibility index (Phi) is 6.27. The lowest BCUT2D eigenvalue weighted by Gasteiger charge is -2.35. The van der Waals surface area contributed by atoms with E-state index in [2.05, 4.69) is 46.2 Å². The van der Waals surface area contributed by atoms with Crippen LogP contribution >= 0.6 is 0 Å². The molecule has 5 N–H and O–H groups in total. The lowest BCUT2D eigenvalue weighted by Crippen LogP contribution is -2.47. The Balaban J connectivity index is 1.40. The smallest absolute Gasteiger partial charge is 0.251 e. The Labute approximate surface area is 216 Å². The number of piperidine rings is 1. The van der Waals surface area contributed by atoms with Crippen molar-refractivity contribution in [1.82, 2.24) is 20.5 Å². The fourth-order valence-electron chi connectivity index (χ4n) is 5.16. The minimum Gasteiger partial charge on any atom is -0.369 e. The summed E-state index contributed by atoms with van der Waals surface area (Å²) in [6.45, 7) is 9.99. The summed E-state index contributed by atoms with van der Waals surface area (Å²) in [6.07, 6.45) is 3.63. The van der Waals surface area contributed by atoms with Crippen LogP contribution < -0.4 is 16.0 Å². The highest BCUT2D eigenvalue weighted by atomic mass is 16.2. The minimum absolute atomic E-state index is 0.0175. The number of aryl methyl sites for hydroxylation is 1. The summed E-state index contributed by atoms with van der Waals surface area (Å²) in [6, 6.07) is 13.7. The van der Waals surface area contributed by atoms with Crippen LogP contribution in [-0.4, -0.2) is 46.1 Å². The largest absolute Gasteiger partial charge is 0.369 e. The number of rotatable bonds is 5. The third-order valence-corrected chi connectivity index (χ3v) is 7.27. The lowest BCUT2D eigenvalue weighted by molar-refractivity contribution is 0.0932. The van der Waals surface area contributed by atoms with Crippen molar-refractivity contribution < 1.29 is 9.59 Å². The van der Waals surface area contributed by atoms with Crippen LogP contribution in [0.25, 0.3) is 22.2 Å². The molecular weight excluding hydrogens is 464 g/mol. The van der Waals surface area contributed by atoms with E-state index in [1.165, 1.54) is 5.56 Å². The Morgan fingerprint density at radius 1 is 1.14 bits per heavy atom. The van der Waals surface area contributed by atoms with Gasteiger partial charge in [0.25, 0.3) is 11.8 Å². The summed E-state index contributed by atoms with van der Waals surface area (Å²) in [5.41, 5.74) is 12.5. The first-order valence-electron chi connectivity index (χ1n) is 12.7. The number of anilines is 1. The molecule has 0 aliphatic carbocycles. The molecule has 0 radical (unpaired) electrons. The van der Waals surface area contributed by atoms with Crippen molar-refractivity contribution in [2.75, 3.05) is 18.0 Å². The van der Waals surface area contributed by atoms with Gasteiger partial charge in [-0.05, 0) is 61.1 Å². The first kappa shape index (κ1) is 24.6. The Morgan fingerprint density at radius 3 is 2.54 bits per heavy atom. The number of nitrogens with two attached hydrogens (primary N) is 1. The summed E-state index contributed by atoms with van der Waals surface area (Å²) in [5.74, 6) is -0.531. The van der Waals surface area contributed by atoms with Gasteiger partial charge >= 0.3 is 0 Å². The lowest BCUT2D eigenvalue weighted by atomic mass is 9.86. The molecule has 2 aromatic carbocycles. The fraction of sp³-hybridized carbons (Fsp3) is 0.345. The minimum atomic E-state index is -0.477. The quantitative estimate of drug-likeness (QED) is 0.320. The van der Waals surface area contributed by atoms with Crippen LogP contribution in [0.1, 0.15) is 65.6 Å². The van der Waals surface area contributed by atoms with Crippen molar-refractivity contribution in [3.05, 3.63) is 71.0 Å². The maximum absolute atomic E-state index is 13.0. The zero-order valence-corrected chi connectivity index (χ0v) is 21.8. The van der Waals surface area contributed by atoms with Gasteiger partial charge in [0, 0.05) is 52.7 Å². The van der Waals surface area contributed by atoms with Gasteiger partial charge in [-0.25, -0.2) is 0 Å². The highest BCUT2D eigenvalue weighted by Crippen LogP contribution is 2.35. The summed E-state index contributed by atoms with van der Waals surface area (Å²) in [7, 11) is 0. The Hall–Kier alpha value is -4.07. The van der Waals surface area contributed by atoms with E-state index in [9.17, 15) is 9.59 Å². The van der Waals surface area contributed by atoms with Gasteiger partial charge in [-0.1, -0.05) is 32.9 Å². The number of carbonyl (C=O) groups is 2. The van der Waals surface area contributed by atoms with Gasteiger partial charge in [0.15, 0.2) is 0 Å². The third kappa shape index (κ3) is 4.83. The molecule has 5 rings (SSSR count). The number of nitrogens with zero attached hydrogens (tertiary/aromatic N) is 2. The normalized spacial score (nSPS) is 16.2. The molecule has 192 valence electrons. The van der Waals surface area contributed by atoms with Crippen LogP contribution in [-0.2, 0) is 5.41 Å². The zero-order valence-electron chi connectivity index (χ0n) is 21.8. The molecule has 8 heteroatoms. The van der Waals surface area contributed by atoms with Crippen LogP contribution in [0, 0.1) is 6.92 Å². The molecule has 0 saturated carbocycles. The highest BCUT2D eigenvalue weighted by molar-refractivity contribution is 6.10. The molecule has 2 aromatic heterocycles. The molecule has 1 aliphatic heterocycles. The van der Waals surface area contributed by atoms with Gasteiger partial charge in [-0.15, -0.1) is 0 Å². The van der Waals surface area contributed by atoms with E-state index >= 15 is 0 Å². The molecule has 4 aromatic rings. The number of hydrogen-bond acceptors (Lipinski definition) is 4. The molecule has 37 heavy (non-hydrogen) atoms. The number of nitrogens with one attached hydrogen (secondary N) is 3. The number of benzene rings is 2. The third-order valence-electron chi connectivity index (χ3n) is 7.27. The first-order chi connectivity index (χ1) is 17.6. The first-order valence-corrected chi connectivity index (χ1v) is 12.7. The van der Waals surface area contributed by atoms with E-state index in [1.54, 1.807) is 12.3 Å². The topological polar surface area (TPSA) is 120 Å². The van der Waals surface area contributed by atoms with Gasteiger partial charge in [-0.2, -0.15) is 5.10 Å². The van der Waals surface area contributed by atoms with Gasteiger partial charge in [-0.3, -0.25) is 14.7 Å². The molecular formula is C29H34N6O2. The number of aromatic nitrogens is 3. The van der Waals surface area contributed by atoms with E-state index in [-0.39, 0.29) is 17.4 Å². The molecule has 3 heterocycles. The number of carbonyl (C=O) groups excluding carboxylic acids is 2. The van der Waals surface area contributed by atoms with E-state index in [0.29, 0.717) is 23.2 Å².